The number of rotatable bonds is 5. The number of carbonyl (C=O) groups is 2. The van der Waals surface area contributed by atoms with E-state index in [0.717, 1.165) is 5.82 Å². The molecule has 2 rings (SSSR count). The lowest BCUT2D eigenvalue weighted by atomic mass is 10.1. The number of anilines is 1. The van der Waals surface area contributed by atoms with Crippen LogP contribution in [0.25, 0.3) is 0 Å². The molecule has 2 amide bonds. The number of nitrogens with two attached hydrogens (primary N) is 1. The number of aromatic nitrogens is 2. The zero-order valence-corrected chi connectivity index (χ0v) is 13.6. The fourth-order valence-corrected chi connectivity index (χ4v) is 2.34. The maximum Gasteiger partial charge on any atom is 0.242 e. The van der Waals surface area contributed by atoms with Crippen molar-refractivity contribution in [1.29, 1.82) is 0 Å². The third-order valence-corrected chi connectivity index (χ3v) is 3.95. The summed E-state index contributed by atoms with van der Waals surface area (Å²) in [5, 5.41) is 10.5. The number of hydrogen-bond donors (Lipinski definition) is 2. The van der Waals surface area contributed by atoms with E-state index in [2.05, 4.69) is 20.4 Å². The van der Waals surface area contributed by atoms with Crippen LogP contribution in [-0.4, -0.2) is 65.7 Å². The van der Waals surface area contributed by atoms with E-state index in [0.29, 0.717) is 26.2 Å². The summed E-state index contributed by atoms with van der Waals surface area (Å²) in [4.78, 5) is 27.8. The molecule has 1 fully saturated rings. The van der Waals surface area contributed by atoms with E-state index in [1.54, 1.807) is 11.1 Å². The largest absolute Gasteiger partial charge is 0.352 e. The molecule has 1 saturated heterocycles. The van der Waals surface area contributed by atoms with E-state index in [9.17, 15) is 9.59 Å². The molecule has 0 aliphatic carbocycles. The summed E-state index contributed by atoms with van der Waals surface area (Å²) in [6.07, 6.45) is 1.63. The van der Waals surface area contributed by atoms with Crippen LogP contribution in [0.3, 0.4) is 0 Å². The molecule has 0 spiro atoms. The topological polar surface area (TPSA) is 104 Å². The minimum Gasteiger partial charge on any atom is -0.352 e. The Morgan fingerprint density at radius 3 is 2.57 bits per heavy atom. The highest BCUT2D eigenvalue weighted by Gasteiger charge is 2.23. The molecule has 1 aromatic rings. The highest BCUT2D eigenvalue weighted by atomic mass is 16.2. The molecule has 2 heterocycles. The van der Waals surface area contributed by atoms with Gasteiger partial charge in [0.25, 0.3) is 0 Å². The average molecular weight is 320 g/mol. The van der Waals surface area contributed by atoms with Crippen molar-refractivity contribution in [3.8, 4) is 0 Å². The minimum atomic E-state index is -0.587. The van der Waals surface area contributed by atoms with Crippen molar-refractivity contribution in [2.75, 3.05) is 37.6 Å². The standard InChI is InChI=1S/C15H24N6O2/c1-11(2)14(16)15(23)17-10-13(22)21-8-6-20(7-9-21)12-4-3-5-18-19-12/h3-5,11,14H,6-10,16H2,1-2H3,(H,17,23)/t14-/m0/s1. The predicted molar refractivity (Wildman–Crippen MR) is 86.6 cm³/mol. The van der Waals surface area contributed by atoms with Crippen LogP contribution in [-0.2, 0) is 9.59 Å². The second-order valence-corrected chi connectivity index (χ2v) is 5.94. The monoisotopic (exact) mass is 320 g/mol. The molecule has 0 aromatic carbocycles. The molecule has 0 saturated carbocycles. The summed E-state index contributed by atoms with van der Waals surface area (Å²) in [6.45, 7) is 6.33. The van der Waals surface area contributed by atoms with Crippen molar-refractivity contribution in [2.45, 2.75) is 19.9 Å². The van der Waals surface area contributed by atoms with Gasteiger partial charge in [-0.15, -0.1) is 5.10 Å². The molecule has 8 nitrogen and oxygen atoms in total. The van der Waals surface area contributed by atoms with Crippen molar-refractivity contribution in [3.63, 3.8) is 0 Å². The molecule has 0 unspecified atom stereocenters. The van der Waals surface area contributed by atoms with Crippen LogP contribution < -0.4 is 16.0 Å². The van der Waals surface area contributed by atoms with Gasteiger partial charge in [-0.2, -0.15) is 5.10 Å². The molecular weight excluding hydrogens is 296 g/mol. The maximum atomic E-state index is 12.2. The molecule has 0 radical (unpaired) electrons. The van der Waals surface area contributed by atoms with Crippen LogP contribution in [0, 0.1) is 5.92 Å². The summed E-state index contributed by atoms with van der Waals surface area (Å²) in [5.41, 5.74) is 5.75. The lowest BCUT2D eigenvalue weighted by molar-refractivity contribution is -0.133. The zero-order chi connectivity index (χ0) is 16.8. The Bertz CT molecular complexity index is 528. The normalized spacial score (nSPS) is 16.3. The number of piperazine rings is 1. The third kappa shape index (κ3) is 4.62. The number of carbonyl (C=O) groups excluding carboxylic acids is 2. The predicted octanol–water partition coefficient (Wildman–Crippen LogP) is -0.775. The van der Waals surface area contributed by atoms with E-state index in [1.165, 1.54) is 0 Å². The average Bonchev–Trinajstić information content (AvgIpc) is 2.59. The van der Waals surface area contributed by atoms with Gasteiger partial charge in [0.05, 0.1) is 12.6 Å². The Morgan fingerprint density at radius 2 is 2.00 bits per heavy atom. The second kappa shape index (κ2) is 7.87. The van der Waals surface area contributed by atoms with Gasteiger partial charge in [-0.1, -0.05) is 13.8 Å². The van der Waals surface area contributed by atoms with Crippen LogP contribution in [0.5, 0.6) is 0 Å². The molecule has 1 aromatic heterocycles. The second-order valence-electron chi connectivity index (χ2n) is 5.94. The maximum absolute atomic E-state index is 12.2. The first kappa shape index (κ1) is 17.1. The lowest BCUT2D eigenvalue weighted by Crippen LogP contribution is -2.53. The van der Waals surface area contributed by atoms with Crippen molar-refractivity contribution >= 4 is 17.6 Å². The molecule has 1 aliphatic heterocycles. The van der Waals surface area contributed by atoms with Gasteiger partial charge in [0, 0.05) is 32.4 Å². The number of nitrogens with one attached hydrogen (secondary N) is 1. The van der Waals surface area contributed by atoms with Crippen LogP contribution in [0.4, 0.5) is 5.82 Å². The molecule has 126 valence electrons. The Hall–Kier alpha value is -2.22. The fourth-order valence-electron chi connectivity index (χ4n) is 2.34. The highest BCUT2D eigenvalue weighted by Crippen LogP contribution is 2.11. The van der Waals surface area contributed by atoms with Gasteiger partial charge in [-0.25, -0.2) is 0 Å². The summed E-state index contributed by atoms with van der Waals surface area (Å²) >= 11 is 0. The van der Waals surface area contributed by atoms with Crippen LogP contribution in [0.15, 0.2) is 18.3 Å². The quantitative estimate of drug-likeness (QED) is 0.738. The Balaban J connectivity index is 1.77. The SMILES string of the molecule is CC(C)[C@H](N)C(=O)NCC(=O)N1CCN(c2cccnn2)CC1. The van der Waals surface area contributed by atoms with Crippen molar-refractivity contribution in [2.24, 2.45) is 11.7 Å². The van der Waals surface area contributed by atoms with Gasteiger partial charge in [-0.05, 0) is 18.1 Å². The third-order valence-electron chi connectivity index (χ3n) is 3.95. The first-order chi connectivity index (χ1) is 11.0. The van der Waals surface area contributed by atoms with Crippen molar-refractivity contribution in [1.82, 2.24) is 20.4 Å². The summed E-state index contributed by atoms with van der Waals surface area (Å²) < 4.78 is 0. The van der Waals surface area contributed by atoms with Crippen LogP contribution in [0.2, 0.25) is 0 Å². The van der Waals surface area contributed by atoms with Gasteiger partial charge in [0.15, 0.2) is 5.82 Å². The van der Waals surface area contributed by atoms with Gasteiger partial charge in [0.1, 0.15) is 0 Å². The van der Waals surface area contributed by atoms with E-state index in [4.69, 9.17) is 5.73 Å². The highest BCUT2D eigenvalue weighted by molar-refractivity contribution is 5.87. The molecular formula is C15H24N6O2. The molecule has 1 aliphatic rings. The molecule has 3 N–H and O–H groups in total. The van der Waals surface area contributed by atoms with E-state index < -0.39 is 6.04 Å². The van der Waals surface area contributed by atoms with E-state index in [-0.39, 0.29) is 24.3 Å². The first-order valence-electron chi connectivity index (χ1n) is 7.82. The fraction of sp³-hybridized carbons (Fsp3) is 0.600. The molecule has 0 bridgehead atoms. The Morgan fingerprint density at radius 1 is 1.30 bits per heavy atom. The van der Waals surface area contributed by atoms with Crippen LogP contribution in [0.1, 0.15) is 13.8 Å². The summed E-state index contributed by atoms with van der Waals surface area (Å²) in [6, 6.07) is 3.15. The van der Waals surface area contributed by atoms with Gasteiger partial charge in [0.2, 0.25) is 11.8 Å². The molecule has 8 heteroatoms. The Labute approximate surface area is 136 Å². The number of amides is 2. The Kier molecular flexibility index (Phi) is 5.86. The summed E-state index contributed by atoms with van der Waals surface area (Å²) in [5.74, 6) is 0.482. The molecule has 1 atom stereocenters. The van der Waals surface area contributed by atoms with Gasteiger partial charge in [-0.3, -0.25) is 9.59 Å². The van der Waals surface area contributed by atoms with Gasteiger partial charge >= 0.3 is 0 Å². The van der Waals surface area contributed by atoms with Crippen LogP contribution >= 0.6 is 0 Å². The minimum absolute atomic E-state index is 0.00953. The molecule has 23 heavy (non-hydrogen) atoms. The van der Waals surface area contributed by atoms with E-state index in [1.807, 2.05) is 26.0 Å². The smallest absolute Gasteiger partial charge is 0.242 e. The van der Waals surface area contributed by atoms with Gasteiger partial charge < -0.3 is 20.9 Å². The number of nitrogens with zero attached hydrogens (tertiary/aromatic N) is 4. The summed E-state index contributed by atoms with van der Waals surface area (Å²) in [7, 11) is 0. The van der Waals surface area contributed by atoms with Crippen molar-refractivity contribution in [3.05, 3.63) is 18.3 Å². The van der Waals surface area contributed by atoms with Crippen molar-refractivity contribution < 1.29 is 9.59 Å². The first-order valence-corrected chi connectivity index (χ1v) is 7.82. The lowest BCUT2D eigenvalue weighted by Gasteiger charge is -2.35. The van der Waals surface area contributed by atoms with E-state index >= 15 is 0 Å². The zero-order valence-electron chi connectivity index (χ0n) is 13.6. The number of hydrogen-bond acceptors (Lipinski definition) is 6.